The minimum absolute atomic E-state index is 0.0201. The Morgan fingerprint density at radius 1 is 1.38 bits per heavy atom. The number of thiazole rings is 1. The normalized spacial score (nSPS) is 11.5. The molecule has 0 aliphatic rings. The SMILES string of the molecule is CCCNc1cccnc1S(=O)(=O)NCc1nc(C)cs1. The number of nitrogens with zero attached hydrogens (tertiary/aromatic N) is 2. The van der Waals surface area contributed by atoms with Gasteiger partial charge in [-0.1, -0.05) is 6.92 Å². The predicted molar refractivity (Wildman–Crippen MR) is 83.9 cm³/mol. The molecular weight excluding hydrogens is 308 g/mol. The fraction of sp³-hybridized carbons (Fsp3) is 0.385. The second-order valence-electron chi connectivity index (χ2n) is 4.49. The molecule has 0 saturated carbocycles. The topological polar surface area (TPSA) is 84.0 Å². The van der Waals surface area contributed by atoms with Crippen LogP contribution in [0.15, 0.2) is 28.7 Å². The van der Waals surface area contributed by atoms with Gasteiger partial charge in [0.15, 0.2) is 5.03 Å². The van der Waals surface area contributed by atoms with Crippen molar-refractivity contribution in [2.24, 2.45) is 0 Å². The van der Waals surface area contributed by atoms with Crippen LogP contribution in [0.4, 0.5) is 5.69 Å². The summed E-state index contributed by atoms with van der Waals surface area (Å²) in [5, 5.41) is 5.72. The summed E-state index contributed by atoms with van der Waals surface area (Å²) in [4.78, 5) is 8.23. The average Bonchev–Trinajstić information content (AvgIpc) is 2.89. The van der Waals surface area contributed by atoms with Crippen LogP contribution in [0.25, 0.3) is 0 Å². The minimum atomic E-state index is -3.67. The van der Waals surface area contributed by atoms with Gasteiger partial charge in [-0.3, -0.25) is 0 Å². The van der Waals surface area contributed by atoms with Gasteiger partial charge in [-0.25, -0.2) is 23.1 Å². The molecule has 0 aromatic carbocycles. The summed E-state index contributed by atoms with van der Waals surface area (Å²) in [6.45, 7) is 4.76. The molecule has 2 aromatic heterocycles. The van der Waals surface area contributed by atoms with E-state index in [0.29, 0.717) is 12.2 Å². The van der Waals surface area contributed by atoms with Crippen molar-refractivity contribution in [3.63, 3.8) is 0 Å². The highest BCUT2D eigenvalue weighted by atomic mass is 32.2. The minimum Gasteiger partial charge on any atom is -0.383 e. The summed E-state index contributed by atoms with van der Waals surface area (Å²) < 4.78 is 27.3. The van der Waals surface area contributed by atoms with Gasteiger partial charge in [0.25, 0.3) is 10.0 Å². The zero-order chi connectivity index (χ0) is 15.3. The molecule has 8 heteroatoms. The molecule has 0 amide bonds. The Morgan fingerprint density at radius 3 is 2.86 bits per heavy atom. The zero-order valence-electron chi connectivity index (χ0n) is 12.0. The molecule has 0 saturated heterocycles. The molecule has 0 bridgehead atoms. The maximum atomic E-state index is 12.4. The highest BCUT2D eigenvalue weighted by molar-refractivity contribution is 7.89. The van der Waals surface area contributed by atoms with Gasteiger partial charge in [-0.15, -0.1) is 11.3 Å². The average molecular weight is 326 g/mol. The monoisotopic (exact) mass is 326 g/mol. The molecule has 0 aliphatic heterocycles. The van der Waals surface area contributed by atoms with Crippen LogP contribution < -0.4 is 10.0 Å². The summed E-state index contributed by atoms with van der Waals surface area (Å²) in [5.74, 6) is 0. The first-order chi connectivity index (χ1) is 10.0. The Hall–Kier alpha value is -1.51. The number of rotatable bonds is 7. The van der Waals surface area contributed by atoms with E-state index in [2.05, 4.69) is 20.0 Å². The smallest absolute Gasteiger partial charge is 0.260 e. The molecule has 21 heavy (non-hydrogen) atoms. The molecule has 0 atom stereocenters. The van der Waals surface area contributed by atoms with E-state index in [-0.39, 0.29) is 11.6 Å². The molecule has 6 nitrogen and oxygen atoms in total. The van der Waals surface area contributed by atoms with Crippen molar-refractivity contribution < 1.29 is 8.42 Å². The second-order valence-corrected chi connectivity index (χ2v) is 7.11. The highest BCUT2D eigenvalue weighted by Crippen LogP contribution is 2.18. The Bertz CT molecular complexity index is 698. The van der Waals surface area contributed by atoms with E-state index >= 15 is 0 Å². The van der Waals surface area contributed by atoms with Crippen molar-refractivity contribution in [2.45, 2.75) is 31.8 Å². The second kappa shape index (κ2) is 6.97. The van der Waals surface area contributed by atoms with Crippen LogP contribution >= 0.6 is 11.3 Å². The number of nitrogens with one attached hydrogen (secondary N) is 2. The fourth-order valence-corrected chi connectivity index (χ4v) is 3.60. The molecule has 0 aliphatic carbocycles. The van der Waals surface area contributed by atoms with Gasteiger partial charge in [0, 0.05) is 23.8 Å². The van der Waals surface area contributed by atoms with Crippen LogP contribution in [-0.4, -0.2) is 24.9 Å². The van der Waals surface area contributed by atoms with E-state index in [4.69, 9.17) is 0 Å². The molecule has 2 N–H and O–H groups in total. The van der Waals surface area contributed by atoms with Crippen LogP contribution in [-0.2, 0) is 16.6 Å². The Morgan fingerprint density at radius 2 is 2.19 bits per heavy atom. The van der Waals surface area contributed by atoms with E-state index in [1.54, 1.807) is 12.1 Å². The molecule has 2 heterocycles. The van der Waals surface area contributed by atoms with E-state index in [1.165, 1.54) is 17.5 Å². The summed E-state index contributed by atoms with van der Waals surface area (Å²) in [6, 6.07) is 3.42. The van der Waals surface area contributed by atoms with Crippen molar-refractivity contribution in [3.8, 4) is 0 Å². The van der Waals surface area contributed by atoms with Gasteiger partial charge >= 0.3 is 0 Å². The van der Waals surface area contributed by atoms with Crippen LogP contribution in [0.5, 0.6) is 0 Å². The van der Waals surface area contributed by atoms with Gasteiger partial charge in [-0.05, 0) is 25.5 Å². The standard InChI is InChI=1S/C13H18N4O2S2/c1-3-6-14-11-5-4-7-15-13(11)21(18,19)16-8-12-17-10(2)9-20-12/h4-5,7,9,14,16H,3,6,8H2,1-2H3. The number of aryl methyl sites for hydroxylation is 1. The van der Waals surface area contributed by atoms with Gasteiger partial charge in [0.05, 0.1) is 12.2 Å². The van der Waals surface area contributed by atoms with E-state index in [9.17, 15) is 8.42 Å². The van der Waals surface area contributed by atoms with Crippen LogP contribution in [0.3, 0.4) is 0 Å². The number of pyridine rings is 1. The Kier molecular flexibility index (Phi) is 5.27. The fourth-order valence-electron chi connectivity index (χ4n) is 1.71. The third-order valence-corrected chi connectivity index (χ3v) is 5.00. The summed E-state index contributed by atoms with van der Waals surface area (Å²) in [5.41, 5.74) is 1.40. The van der Waals surface area contributed by atoms with Gasteiger partial charge in [-0.2, -0.15) is 0 Å². The van der Waals surface area contributed by atoms with Crippen LogP contribution in [0.1, 0.15) is 24.0 Å². The zero-order valence-corrected chi connectivity index (χ0v) is 13.6. The molecule has 0 radical (unpaired) electrons. The molecule has 0 spiro atoms. The first-order valence-electron chi connectivity index (χ1n) is 6.62. The summed E-state index contributed by atoms with van der Waals surface area (Å²) >= 11 is 1.43. The maximum Gasteiger partial charge on any atom is 0.260 e. The summed E-state index contributed by atoms with van der Waals surface area (Å²) in [7, 11) is -3.67. The van der Waals surface area contributed by atoms with Crippen molar-refractivity contribution in [2.75, 3.05) is 11.9 Å². The van der Waals surface area contributed by atoms with Crippen molar-refractivity contribution in [1.82, 2.24) is 14.7 Å². The van der Waals surface area contributed by atoms with Crippen LogP contribution in [0, 0.1) is 6.92 Å². The summed E-state index contributed by atoms with van der Waals surface area (Å²) in [6.07, 6.45) is 2.37. The van der Waals surface area contributed by atoms with Crippen molar-refractivity contribution in [1.29, 1.82) is 0 Å². The third kappa shape index (κ3) is 4.23. The van der Waals surface area contributed by atoms with Gasteiger partial charge < -0.3 is 5.32 Å². The van der Waals surface area contributed by atoms with Crippen molar-refractivity contribution >= 4 is 27.0 Å². The molecule has 0 fully saturated rings. The lowest BCUT2D eigenvalue weighted by molar-refractivity contribution is 0.577. The molecular formula is C13H18N4O2S2. The predicted octanol–water partition coefficient (Wildman–Crippen LogP) is 2.15. The van der Waals surface area contributed by atoms with E-state index < -0.39 is 10.0 Å². The van der Waals surface area contributed by atoms with Crippen LogP contribution in [0.2, 0.25) is 0 Å². The first-order valence-corrected chi connectivity index (χ1v) is 8.99. The maximum absolute atomic E-state index is 12.4. The molecule has 2 aromatic rings. The number of hydrogen-bond donors (Lipinski definition) is 2. The number of aromatic nitrogens is 2. The number of sulfonamides is 1. The van der Waals surface area contributed by atoms with Crippen molar-refractivity contribution in [3.05, 3.63) is 34.4 Å². The third-order valence-electron chi connectivity index (χ3n) is 2.67. The molecule has 114 valence electrons. The van der Waals surface area contributed by atoms with Gasteiger partial charge in [0.1, 0.15) is 5.01 Å². The lowest BCUT2D eigenvalue weighted by Gasteiger charge is -2.11. The highest BCUT2D eigenvalue weighted by Gasteiger charge is 2.20. The molecule has 0 unspecified atom stereocenters. The lowest BCUT2D eigenvalue weighted by Crippen LogP contribution is -2.25. The van der Waals surface area contributed by atoms with E-state index in [0.717, 1.165) is 17.1 Å². The van der Waals surface area contributed by atoms with E-state index in [1.807, 2.05) is 19.2 Å². The Labute approximate surface area is 128 Å². The number of anilines is 1. The molecule has 2 rings (SSSR count). The lowest BCUT2D eigenvalue weighted by atomic mass is 10.4. The first kappa shape index (κ1) is 15.9. The quantitative estimate of drug-likeness (QED) is 0.814. The Balaban J connectivity index is 2.15. The number of hydrogen-bond acceptors (Lipinski definition) is 6. The van der Waals surface area contributed by atoms with Gasteiger partial charge in [0.2, 0.25) is 0 Å². The largest absolute Gasteiger partial charge is 0.383 e.